The minimum absolute atomic E-state index is 0. The highest BCUT2D eigenvalue weighted by atomic mass is 19.1. The van der Waals surface area contributed by atoms with Crippen LogP contribution in [0.15, 0.2) is 55.4 Å². The predicted octanol–water partition coefficient (Wildman–Crippen LogP) is 5.57. The Kier molecular flexibility index (Phi) is 14.0. The number of aromatic nitrogens is 8. The first-order valence-electron chi connectivity index (χ1n) is 21.1. The largest absolute Gasteiger partial charge is 0.493 e. The van der Waals surface area contributed by atoms with Crippen LogP contribution in [-0.2, 0) is 48.1 Å². The van der Waals surface area contributed by atoms with Gasteiger partial charge in [0.25, 0.3) is 0 Å². The fraction of sp³-hybridized carbons (Fsp3) is 0.435. The molecular formula is C46H54F2N10O5. The molecule has 0 atom stereocenters. The third-order valence-electron chi connectivity index (χ3n) is 12.3. The molecule has 0 unspecified atom stereocenters. The number of carbonyl (C=O) groups is 2. The summed E-state index contributed by atoms with van der Waals surface area (Å²) in [5.74, 6) is 3.31. The number of rotatable bonds is 8. The number of halogens is 2. The zero-order valence-electron chi connectivity index (χ0n) is 35.2. The van der Waals surface area contributed by atoms with Crippen molar-refractivity contribution in [3.63, 3.8) is 0 Å². The average molecular weight is 865 g/mol. The maximum absolute atomic E-state index is 14.5. The number of fused-ring (bicyclic) bond motifs is 4. The number of hydrogen-bond acceptors (Lipinski definition) is 11. The first-order valence-corrected chi connectivity index (χ1v) is 21.1. The number of ether oxygens (including phenoxy) is 2. The molecule has 0 bridgehead atoms. The Hall–Kier alpha value is -6.36. The first kappa shape index (κ1) is 44.7. The zero-order valence-corrected chi connectivity index (χ0v) is 35.2. The summed E-state index contributed by atoms with van der Waals surface area (Å²) < 4.78 is 43.9. The Labute approximate surface area is 364 Å². The van der Waals surface area contributed by atoms with Crippen LogP contribution in [0.3, 0.4) is 0 Å². The Bertz CT molecular complexity index is 2640. The highest BCUT2D eigenvalue weighted by Gasteiger charge is 2.27. The molecule has 63 heavy (non-hydrogen) atoms. The molecule has 0 aliphatic carbocycles. The van der Waals surface area contributed by atoms with Crippen LogP contribution in [0.1, 0.15) is 91.5 Å². The minimum atomic E-state index is -0.196. The number of piperidine rings is 1. The molecule has 15 nitrogen and oxygen atoms in total. The highest BCUT2D eigenvalue weighted by molar-refractivity contribution is 5.79. The molecule has 1 N–H and O–H groups in total. The SMILES string of the molecule is C.CC(=O)N1CC=C(c2cnc(CCc3c(F)ccc4c3CCO4)n3cnnc23)CC1.CC(=O)N1CCC(c2cnc(CCc3c(F)ccc4c3CCO4)n3cnnc23)CC1.CO. The van der Waals surface area contributed by atoms with Crippen molar-refractivity contribution in [3.8, 4) is 11.5 Å². The van der Waals surface area contributed by atoms with Crippen LogP contribution < -0.4 is 9.47 Å². The smallest absolute Gasteiger partial charge is 0.219 e. The van der Waals surface area contributed by atoms with Crippen molar-refractivity contribution >= 4 is 28.7 Å². The highest BCUT2D eigenvalue weighted by Crippen LogP contribution is 2.34. The summed E-state index contributed by atoms with van der Waals surface area (Å²) in [4.78, 5) is 36.2. The predicted molar refractivity (Wildman–Crippen MR) is 232 cm³/mol. The third kappa shape index (κ3) is 9.24. The van der Waals surface area contributed by atoms with Gasteiger partial charge in [-0.15, -0.1) is 20.4 Å². The van der Waals surface area contributed by atoms with E-state index in [0.717, 1.165) is 115 Å². The molecule has 2 aromatic carbocycles. The van der Waals surface area contributed by atoms with Crippen LogP contribution in [0.5, 0.6) is 11.5 Å². The Balaban J connectivity index is 0.000000179. The monoisotopic (exact) mass is 864 g/mol. The maximum Gasteiger partial charge on any atom is 0.219 e. The van der Waals surface area contributed by atoms with Crippen molar-refractivity contribution in [3.05, 3.63) is 112 Å². The lowest BCUT2D eigenvalue weighted by atomic mass is 9.90. The van der Waals surface area contributed by atoms with Crippen LogP contribution in [0.2, 0.25) is 0 Å². The lowest BCUT2D eigenvalue weighted by Gasteiger charge is -2.31. The van der Waals surface area contributed by atoms with E-state index in [1.54, 1.807) is 38.6 Å². The van der Waals surface area contributed by atoms with Crippen molar-refractivity contribution in [1.82, 2.24) is 49.0 Å². The summed E-state index contributed by atoms with van der Waals surface area (Å²) >= 11 is 0. The standard InChI is InChI=1S/C22H24FN5O2.C22H22FN5O2.CH4O.CH4/c2*1-14(29)27-9-6-15(7-10-27)18-12-24-21(28-13-25-26-22(18)28)5-2-16-17-8-11-30-20(17)4-3-19(16)23;1-2;/h3-4,12-13,15H,2,5-11H2,1H3;3-4,6,12-13H,2,5,7-11H2,1H3;2H,1H3;1H4. The number of carbonyl (C=O) groups excluding carboxylic acids is 2. The number of aliphatic hydroxyl groups is 1. The van der Waals surface area contributed by atoms with Gasteiger partial charge in [-0.05, 0) is 79.0 Å². The van der Waals surface area contributed by atoms with Gasteiger partial charge in [0.2, 0.25) is 11.8 Å². The van der Waals surface area contributed by atoms with Crippen molar-refractivity contribution in [1.29, 1.82) is 0 Å². The van der Waals surface area contributed by atoms with Gasteiger partial charge in [0.1, 0.15) is 47.4 Å². The molecular weight excluding hydrogens is 811 g/mol. The number of amides is 2. The molecule has 0 radical (unpaired) electrons. The van der Waals surface area contributed by atoms with Crippen molar-refractivity contribution in [2.45, 2.75) is 85.0 Å². The topological polar surface area (TPSA) is 165 Å². The van der Waals surface area contributed by atoms with Crippen LogP contribution in [-0.4, -0.2) is 112 Å². The summed E-state index contributed by atoms with van der Waals surface area (Å²) in [7, 11) is 1.00. The van der Waals surface area contributed by atoms with Crippen molar-refractivity contribution in [2.24, 2.45) is 0 Å². The van der Waals surface area contributed by atoms with Gasteiger partial charge >= 0.3 is 0 Å². The summed E-state index contributed by atoms with van der Waals surface area (Å²) in [6, 6.07) is 6.38. The Morgan fingerprint density at radius 1 is 0.714 bits per heavy atom. The van der Waals surface area contributed by atoms with Crippen molar-refractivity contribution < 1.29 is 33.0 Å². The van der Waals surface area contributed by atoms with Gasteiger partial charge in [-0.2, -0.15) is 0 Å². The summed E-state index contributed by atoms with van der Waals surface area (Å²) in [6.07, 6.45) is 15.4. The molecule has 10 rings (SSSR count). The number of aryl methyl sites for hydroxylation is 2. The minimum Gasteiger partial charge on any atom is -0.493 e. The van der Waals surface area contributed by atoms with E-state index in [2.05, 4.69) is 31.5 Å². The van der Waals surface area contributed by atoms with E-state index in [1.165, 1.54) is 12.1 Å². The molecule has 6 aromatic rings. The van der Waals surface area contributed by atoms with E-state index in [9.17, 15) is 18.4 Å². The lowest BCUT2D eigenvalue weighted by molar-refractivity contribution is -0.130. The molecule has 332 valence electrons. The molecule has 8 heterocycles. The van der Waals surface area contributed by atoms with Gasteiger partial charge in [-0.1, -0.05) is 13.5 Å². The van der Waals surface area contributed by atoms with E-state index < -0.39 is 0 Å². The first-order chi connectivity index (χ1) is 30.2. The number of likely N-dealkylation sites (tertiary alicyclic amines) is 1. The average Bonchev–Trinajstić information content (AvgIpc) is 4.15. The molecule has 4 aliphatic heterocycles. The van der Waals surface area contributed by atoms with Crippen LogP contribution >= 0.6 is 0 Å². The van der Waals surface area contributed by atoms with E-state index in [1.807, 2.05) is 31.0 Å². The molecule has 0 saturated carbocycles. The van der Waals surface area contributed by atoms with Crippen LogP contribution in [0, 0.1) is 11.6 Å². The molecule has 0 spiro atoms. The van der Waals surface area contributed by atoms with Crippen LogP contribution in [0.4, 0.5) is 8.78 Å². The quantitative estimate of drug-likeness (QED) is 0.203. The third-order valence-corrected chi connectivity index (χ3v) is 12.3. The van der Waals surface area contributed by atoms with E-state index in [0.29, 0.717) is 69.0 Å². The molecule has 2 amide bonds. The molecule has 4 aromatic heterocycles. The molecule has 1 fully saturated rings. The maximum atomic E-state index is 14.5. The fourth-order valence-corrected chi connectivity index (χ4v) is 8.99. The molecule has 17 heteroatoms. The Morgan fingerprint density at radius 3 is 1.79 bits per heavy atom. The van der Waals surface area contributed by atoms with Crippen LogP contribution in [0.25, 0.3) is 16.9 Å². The van der Waals surface area contributed by atoms with E-state index in [-0.39, 0.29) is 30.9 Å². The van der Waals surface area contributed by atoms with E-state index in [4.69, 9.17) is 19.6 Å². The normalized spacial score (nSPS) is 15.6. The molecule has 4 aliphatic rings. The van der Waals surface area contributed by atoms with Gasteiger partial charge in [0, 0.05) is 107 Å². The summed E-state index contributed by atoms with van der Waals surface area (Å²) in [6.45, 7) is 7.19. The van der Waals surface area contributed by atoms with Crippen molar-refractivity contribution in [2.75, 3.05) is 46.5 Å². The van der Waals surface area contributed by atoms with E-state index >= 15 is 0 Å². The number of aliphatic hydroxyl groups excluding tert-OH is 1. The molecule has 1 saturated heterocycles. The fourth-order valence-electron chi connectivity index (χ4n) is 8.99. The number of hydrogen-bond donors (Lipinski definition) is 1. The van der Waals surface area contributed by atoms with Gasteiger partial charge in [0.05, 0.1) is 13.2 Å². The van der Waals surface area contributed by atoms with Gasteiger partial charge in [-0.25, -0.2) is 18.7 Å². The summed E-state index contributed by atoms with van der Waals surface area (Å²) in [5.41, 5.74) is 8.03. The summed E-state index contributed by atoms with van der Waals surface area (Å²) in [5, 5.41) is 23.8. The second kappa shape index (κ2) is 19.8. The number of nitrogens with zero attached hydrogens (tertiary/aromatic N) is 10. The second-order valence-electron chi connectivity index (χ2n) is 15.7. The zero-order chi connectivity index (χ0) is 43.3. The second-order valence-corrected chi connectivity index (χ2v) is 15.7. The number of benzene rings is 2. The van der Waals surface area contributed by atoms with Gasteiger partial charge < -0.3 is 24.4 Å². The Morgan fingerprint density at radius 2 is 1.25 bits per heavy atom. The lowest BCUT2D eigenvalue weighted by Crippen LogP contribution is -2.36. The van der Waals surface area contributed by atoms with Gasteiger partial charge in [0.15, 0.2) is 11.3 Å². The van der Waals surface area contributed by atoms with Gasteiger partial charge in [-0.3, -0.25) is 18.4 Å².